The number of carboxylic acids is 1. The summed E-state index contributed by atoms with van der Waals surface area (Å²) in [7, 11) is 3.09. The van der Waals surface area contributed by atoms with Crippen LogP contribution in [-0.4, -0.2) is 93.3 Å². The number of hydrogen-bond donors (Lipinski definition) is 3. The first kappa shape index (κ1) is 30.5. The molecule has 0 aliphatic carbocycles. The van der Waals surface area contributed by atoms with E-state index >= 15 is 0 Å². The van der Waals surface area contributed by atoms with Crippen LogP contribution >= 0.6 is 0 Å². The largest absolute Gasteiger partial charge is 0.481 e. The molecule has 4 heterocycles. The minimum atomic E-state index is -1.03. The first-order valence-corrected chi connectivity index (χ1v) is 14.2. The Morgan fingerprint density at radius 2 is 1.89 bits per heavy atom. The number of methoxy groups -OCH3 is 2. The number of hydrogen-bond acceptors (Lipinski definition) is 9. The van der Waals surface area contributed by atoms with E-state index in [1.807, 2.05) is 45.0 Å². The normalized spacial score (nSPS) is 15.0. The number of nitrogens with zero attached hydrogens (tertiary/aromatic N) is 4. The van der Waals surface area contributed by atoms with Gasteiger partial charge in [0, 0.05) is 38.2 Å². The molecule has 1 aliphatic rings. The van der Waals surface area contributed by atoms with Gasteiger partial charge in [0.1, 0.15) is 17.8 Å². The Hall–Kier alpha value is -4.91. The number of aliphatic carboxylic acids is 1. The van der Waals surface area contributed by atoms with Crippen LogP contribution < -0.4 is 10.1 Å². The number of aromatic amines is 1. The second-order valence-corrected chi connectivity index (χ2v) is 11.6. The molecule has 4 aromatic rings. The highest BCUT2D eigenvalue weighted by atomic mass is 16.6. The molecule has 0 radical (unpaired) electrons. The summed E-state index contributed by atoms with van der Waals surface area (Å²) in [5.41, 5.74) is 3.02. The lowest BCUT2D eigenvalue weighted by Crippen LogP contribution is -2.31. The Kier molecular flexibility index (Phi) is 8.59. The summed E-state index contributed by atoms with van der Waals surface area (Å²) in [5.74, 6) is -0.968. The van der Waals surface area contributed by atoms with Crippen molar-refractivity contribution < 1.29 is 33.7 Å². The molecule has 1 aromatic carbocycles. The molecule has 3 N–H and O–H groups in total. The number of carbonyl (C=O) groups is 3. The molecule has 1 atom stereocenters. The number of nitrogens with one attached hydrogen (secondary N) is 2. The topological polar surface area (TPSA) is 161 Å². The van der Waals surface area contributed by atoms with Gasteiger partial charge in [-0.25, -0.2) is 4.79 Å². The monoisotopic (exact) mass is 604 g/mol. The van der Waals surface area contributed by atoms with E-state index < -0.39 is 17.7 Å². The van der Waals surface area contributed by atoms with Crippen LogP contribution in [0.25, 0.3) is 22.3 Å². The smallest absolute Gasteiger partial charge is 0.419 e. The predicted molar refractivity (Wildman–Crippen MR) is 162 cm³/mol. The van der Waals surface area contributed by atoms with E-state index in [1.165, 1.54) is 11.7 Å². The summed E-state index contributed by atoms with van der Waals surface area (Å²) < 4.78 is 18.0. The second-order valence-electron chi connectivity index (χ2n) is 11.6. The number of carbonyl (C=O) groups excluding carboxylic acids is 2. The standard InChI is InChI=1S/C31H36N6O7/c1-31(2,3)44-30(41)37-16-19(21-8-6-7-9-25(21)37)12-18-13-24(29(40)36-11-10-20(17-36)42-4)34-35-27(18)22-14-23(28(33-22)43-5)32-15-26(38)39/h6-9,13-14,16,20,32-33H,10-12,15,17H2,1-5H3,(H,38,39). The van der Waals surface area contributed by atoms with Crippen LogP contribution in [0.3, 0.4) is 0 Å². The van der Waals surface area contributed by atoms with Crippen LogP contribution in [0.5, 0.6) is 5.88 Å². The SMILES string of the molecule is COc1[nH]c(-c2nnc(C(=O)N3CCC(OC)C3)cc2Cc2cn(C(=O)OC(C)(C)C)c3ccccc23)cc1NCC(=O)O. The summed E-state index contributed by atoms with van der Waals surface area (Å²) in [6.07, 6.45) is 2.23. The highest BCUT2D eigenvalue weighted by Crippen LogP contribution is 2.34. The zero-order valence-corrected chi connectivity index (χ0v) is 25.3. The Bertz CT molecular complexity index is 1700. The minimum absolute atomic E-state index is 0.0345. The summed E-state index contributed by atoms with van der Waals surface area (Å²) in [5, 5.41) is 21.6. The molecule has 3 aromatic heterocycles. The van der Waals surface area contributed by atoms with Crippen molar-refractivity contribution in [1.82, 2.24) is 24.6 Å². The van der Waals surface area contributed by atoms with Crippen LogP contribution in [0, 0.1) is 0 Å². The summed E-state index contributed by atoms with van der Waals surface area (Å²) in [4.78, 5) is 42.6. The Morgan fingerprint density at radius 1 is 1.11 bits per heavy atom. The van der Waals surface area contributed by atoms with Crippen LogP contribution in [0.2, 0.25) is 0 Å². The summed E-state index contributed by atoms with van der Waals surface area (Å²) in [6, 6.07) is 10.9. The van der Waals surface area contributed by atoms with E-state index in [9.17, 15) is 14.4 Å². The summed E-state index contributed by atoms with van der Waals surface area (Å²) in [6.45, 7) is 6.12. The molecule has 0 spiro atoms. The van der Waals surface area contributed by atoms with Gasteiger partial charge in [0.15, 0.2) is 5.69 Å². The van der Waals surface area contributed by atoms with Crippen molar-refractivity contribution in [2.24, 2.45) is 0 Å². The van der Waals surface area contributed by atoms with Gasteiger partial charge in [-0.3, -0.25) is 14.2 Å². The first-order chi connectivity index (χ1) is 21.0. The number of H-pyrrole nitrogens is 1. The molecular formula is C31H36N6O7. The van der Waals surface area contributed by atoms with Crippen LogP contribution in [0.4, 0.5) is 10.5 Å². The van der Waals surface area contributed by atoms with Gasteiger partial charge in [0.05, 0.1) is 30.1 Å². The van der Waals surface area contributed by atoms with Crippen molar-refractivity contribution >= 4 is 34.6 Å². The van der Waals surface area contributed by atoms with Crippen molar-refractivity contribution in [3.63, 3.8) is 0 Å². The third kappa shape index (κ3) is 6.52. The number of rotatable bonds is 9. The van der Waals surface area contributed by atoms with Gasteiger partial charge in [-0.15, -0.1) is 10.2 Å². The Morgan fingerprint density at radius 3 is 2.57 bits per heavy atom. The van der Waals surface area contributed by atoms with Crippen molar-refractivity contribution in [3.05, 3.63) is 59.4 Å². The molecule has 13 heteroatoms. The lowest BCUT2D eigenvalue weighted by molar-refractivity contribution is -0.134. The van der Waals surface area contributed by atoms with E-state index in [-0.39, 0.29) is 24.2 Å². The molecule has 1 amide bonds. The van der Waals surface area contributed by atoms with E-state index in [0.717, 1.165) is 17.4 Å². The third-order valence-corrected chi connectivity index (χ3v) is 7.29. The molecule has 44 heavy (non-hydrogen) atoms. The molecule has 1 unspecified atom stereocenters. The molecule has 1 fully saturated rings. The number of amides is 1. The predicted octanol–water partition coefficient (Wildman–Crippen LogP) is 4.17. The maximum atomic E-state index is 13.5. The van der Waals surface area contributed by atoms with Crippen LogP contribution in [0.1, 0.15) is 48.8 Å². The molecule has 232 valence electrons. The summed E-state index contributed by atoms with van der Waals surface area (Å²) >= 11 is 0. The Balaban J connectivity index is 1.58. The number of carboxylic acid groups (broad SMARTS) is 1. The molecule has 0 bridgehead atoms. The van der Waals surface area contributed by atoms with Gasteiger partial charge in [-0.05, 0) is 56.5 Å². The van der Waals surface area contributed by atoms with Gasteiger partial charge in [0.2, 0.25) is 5.88 Å². The van der Waals surface area contributed by atoms with E-state index in [2.05, 4.69) is 20.5 Å². The number of anilines is 1. The molecular weight excluding hydrogens is 568 g/mol. The van der Waals surface area contributed by atoms with E-state index in [4.69, 9.17) is 19.3 Å². The number of benzene rings is 1. The number of aromatic nitrogens is 4. The average molecular weight is 605 g/mol. The number of fused-ring (bicyclic) bond motifs is 1. The molecule has 13 nitrogen and oxygen atoms in total. The number of likely N-dealkylation sites (tertiary alicyclic amines) is 1. The molecule has 0 saturated carbocycles. The van der Waals surface area contributed by atoms with Crippen LogP contribution in [-0.2, 0) is 20.7 Å². The van der Waals surface area contributed by atoms with Crippen LogP contribution in [0.15, 0.2) is 42.6 Å². The van der Waals surface area contributed by atoms with Crippen molar-refractivity contribution in [1.29, 1.82) is 0 Å². The maximum Gasteiger partial charge on any atom is 0.419 e. The molecule has 1 aliphatic heterocycles. The lowest BCUT2D eigenvalue weighted by atomic mass is 10.0. The fourth-order valence-electron chi connectivity index (χ4n) is 5.25. The van der Waals surface area contributed by atoms with E-state index in [1.54, 1.807) is 30.3 Å². The van der Waals surface area contributed by atoms with Gasteiger partial charge in [-0.2, -0.15) is 0 Å². The molecule has 5 rings (SSSR count). The zero-order chi connectivity index (χ0) is 31.6. The van der Waals surface area contributed by atoms with Gasteiger partial charge < -0.3 is 34.5 Å². The van der Waals surface area contributed by atoms with Crippen molar-refractivity contribution in [2.45, 2.75) is 45.3 Å². The number of ether oxygens (including phenoxy) is 3. The van der Waals surface area contributed by atoms with Crippen molar-refractivity contribution in [2.75, 3.05) is 39.2 Å². The highest BCUT2D eigenvalue weighted by Gasteiger charge is 2.29. The quantitative estimate of drug-likeness (QED) is 0.253. The van der Waals surface area contributed by atoms with E-state index in [0.29, 0.717) is 53.5 Å². The Labute approximate surface area is 254 Å². The first-order valence-electron chi connectivity index (χ1n) is 14.2. The zero-order valence-electron chi connectivity index (χ0n) is 25.3. The van der Waals surface area contributed by atoms with Gasteiger partial charge in [0.25, 0.3) is 5.91 Å². The minimum Gasteiger partial charge on any atom is -0.481 e. The highest BCUT2D eigenvalue weighted by molar-refractivity contribution is 5.94. The number of para-hydroxylation sites is 1. The van der Waals surface area contributed by atoms with Gasteiger partial charge in [-0.1, -0.05) is 18.2 Å². The lowest BCUT2D eigenvalue weighted by Gasteiger charge is -2.19. The fourth-order valence-corrected chi connectivity index (χ4v) is 5.25. The second kappa shape index (κ2) is 12.4. The average Bonchev–Trinajstić information content (AvgIpc) is 3.72. The fraction of sp³-hybridized carbons (Fsp3) is 0.387. The van der Waals surface area contributed by atoms with Crippen molar-refractivity contribution in [3.8, 4) is 17.3 Å². The maximum absolute atomic E-state index is 13.5. The molecule has 1 saturated heterocycles. The third-order valence-electron chi connectivity index (χ3n) is 7.29. The van der Waals surface area contributed by atoms with Gasteiger partial charge >= 0.3 is 12.1 Å².